The minimum Gasteiger partial charge on any atom is -0.493 e. The number of amides is 1. The van der Waals surface area contributed by atoms with Gasteiger partial charge in [0.1, 0.15) is 0 Å². The van der Waals surface area contributed by atoms with Crippen molar-refractivity contribution >= 4 is 21.6 Å². The molecule has 0 radical (unpaired) electrons. The van der Waals surface area contributed by atoms with E-state index < -0.39 is 10.0 Å². The van der Waals surface area contributed by atoms with Crippen LogP contribution in [0.4, 0.5) is 5.69 Å². The number of benzene rings is 2. The van der Waals surface area contributed by atoms with E-state index in [2.05, 4.69) is 10.0 Å². The Balaban J connectivity index is 2.21. The Labute approximate surface area is 159 Å². The molecular formula is C19H24N2O5S. The van der Waals surface area contributed by atoms with Gasteiger partial charge >= 0.3 is 0 Å². The summed E-state index contributed by atoms with van der Waals surface area (Å²) in [6, 6.07) is 10.4. The highest BCUT2D eigenvalue weighted by Crippen LogP contribution is 2.30. The summed E-state index contributed by atoms with van der Waals surface area (Å²) in [5, 5.41) is 2.83. The van der Waals surface area contributed by atoms with Crippen LogP contribution in [0, 0.1) is 0 Å². The predicted octanol–water partition coefficient (Wildman–Crippen LogP) is 3.03. The number of hydrogen-bond donors (Lipinski definition) is 2. The molecule has 0 saturated heterocycles. The van der Waals surface area contributed by atoms with Crippen molar-refractivity contribution in [3.05, 3.63) is 48.0 Å². The van der Waals surface area contributed by atoms with Crippen LogP contribution in [0.1, 0.15) is 31.1 Å². The fourth-order valence-corrected chi connectivity index (χ4v) is 3.36. The van der Waals surface area contributed by atoms with E-state index in [-0.39, 0.29) is 16.3 Å². The van der Waals surface area contributed by atoms with Crippen LogP contribution in [0.2, 0.25) is 0 Å². The summed E-state index contributed by atoms with van der Waals surface area (Å²) >= 11 is 0. The predicted molar refractivity (Wildman–Crippen MR) is 104 cm³/mol. The second kappa shape index (κ2) is 7.87. The van der Waals surface area contributed by atoms with Crippen molar-refractivity contribution in [2.75, 3.05) is 18.9 Å². The molecule has 0 bridgehead atoms. The Bertz CT molecular complexity index is 916. The molecule has 0 aliphatic rings. The number of methoxy groups -OCH3 is 2. The number of ether oxygens (including phenoxy) is 2. The number of hydrogen-bond acceptors (Lipinski definition) is 5. The fraction of sp³-hybridized carbons (Fsp3) is 0.316. The van der Waals surface area contributed by atoms with Crippen molar-refractivity contribution in [3.63, 3.8) is 0 Å². The Kier molecular flexibility index (Phi) is 6.00. The molecule has 0 atom stereocenters. The molecule has 2 aromatic rings. The van der Waals surface area contributed by atoms with E-state index >= 15 is 0 Å². The molecule has 0 aromatic heterocycles. The average Bonchev–Trinajstić information content (AvgIpc) is 2.60. The Morgan fingerprint density at radius 1 is 0.926 bits per heavy atom. The molecule has 0 aliphatic carbocycles. The van der Waals surface area contributed by atoms with E-state index in [1.807, 2.05) is 20.8 Å². The lowest BCUT2D eigenvalue weighted by atomic mass is 10.1. The Morgan fingerprint density at radius 2 is 1.52 bits per heavy atom. The quantitative estimate of drug-likeness (QED) is 0.788. The zero-order chi connectivity index (χ0) is 20.2. The molecule has 0 aliphatic heterocycles. The van der Waals surface area contributed by atoms with Crippen molar-refractivity contribution in [2.24, 2.45) is 0 Å². The molecule has 146 valence electrons. The van der Waals surface area contributed by atoms with Crippen molar-refractivity contribution in [1.82, 2.24) is 5.32 Å². The standard InChI is InChI=1S/C19H24N2O5S/c1-19(2,3)20-18(22)13-6-9-15(10-7-13)27(23,24)21-14-8-11-16(25-4)17(12-14)26-5/h6-12,21H,1-5H3,(H,20,22). The minimum atomic E-state index is -3.81. The fourth-order valence-electron chi connectivity index (χ4n) is 2.31. The van der Waals surface area contributed by atoms with Gasteiger partial charge in [0.05, 0.1) is 24.8 Å². The van der Waals surface area contributed by atoms with E-state index in [0.29, 0.717) is 22.7 Å². The van der Waals surface area contributed by atoms with Crippen LogP contribution in [0.5, 0.6) is 11.5 Å². The minimum absolute atomic E-state index is 0.0459. The summed E-state index contributed by atoms with van der Waals surface area (Å²) in [6.45, 7) is 5.62. The van der Waals surface area contributed by atoms with E-state index in [4.69, 9.17) is 9.47 Å². The lowest BCUT2D eigenvalue weighted by Crippen LogP contribution is -2.40. The number of sulfonamides is 1. The highest BCUT2D eigenvalue weighted by atomic mass is 32.2. The molecular weight excluding hydrogens is 368 g/mol. The second-order valence-corrected chi connectivity index (χ2v) is 8.59. The van der Waals surface area contributed by atoms with Crippen molar-refractivity contribution < 1.29 is 22.7 Å². The smallest absolute Gasteiger partial charge is 0.261 e. The Hall–Kier alpha value is -2.74. The van der Waals surface area contributed by atoms with Crippen LogP contribution in [0.3, 0.4) is 0 Å². The molecule has 27 heavy (non-hydrogen) atoms. The van der Waals surface area contributed by atoms with Crippen LogP contribution in [0.25, 0.3) is 0 Å². The third kappa shape index (κ3) is 5.37. The van der Waals surface area contributed by atoms with Crippen LogP contribution >= 0.6 is 0 Å². The maximum Gasteiger partial charge on any atom is 0.261 e. The number of carbonyl (C=O) groups excluding carboxylic acids is 1. The lowest BCUT2D eigenvalue weighted by molar-refractivity contribution is 0.0919. The van der Waals surface area contributed by atoms with Gasteiger partial charge in [-0.3, -0.25) is 9.52 Å². The molecule has 0 unspecified atom stereocenters. The van der Waals surface area contributed by atoms with E-state index in [9.17, 15) is 13.2 Å². The van der Waals surface area contributed by atoms with E-state index in [1.165, 1.54) is 44.6 Å². The van der Waals surface area contributed by atoms with Gasteiger partial charge in [-0.05, 0) is 57.2 Å². The van der Waals surface area contributed by atoms with Crippen LogP contribution < -0.4 is 19.5 Å². The van der Waals surface area contributed by atoms with Gasteiger partial charge < -0.3 is 14.8 Å². The highest BCUT2D eigenvalue weighted by Gasteiger charge is 2.18. The molecule has 0 spiro atoms. The summed E-state index contributed by atoms with van der Waals surface area (Å²) in [6.07, 6.45) is 0. The second-order valence-electron chi connectivity index (χ2n) is 6.90. The first-order chi connectivity index (χ1) is 12.6. The molecule has 0 saturated carbocycles. The molecule has 8 heteroatoms. The third-order valence-electron chi connectivity index (χ3n) is 3.55. The molecule has 2 aromatic carbocycles. The van der Waals surface area contributed by atoms with Crippen LogP contribution in [-0.2, 0) is 10.0 Å². The number of anilines is 1. The largest absolute Gasteiger partial charge is 0.493 e. The van der Waals surface area contributed by atoms with E-state index in [0.717, 1.165) is 0 Å². The van der Waals surface area contributed by atoms with Gasteiger partial charge in [-0.2, -0.15) is 0 Å². The summed E-state index contributed by atoms with van der Waals surface area (Å²) in [4.78, 5) is 12.2. The van der Waals surface area contributed by atoms with Gasteiger partial charge in [0.2, 0.25) is 0 Å². The normalized spacial score (nSPS) is 11.6. The van der Waals surface area contributed by atoms with Gasteiger partial charge in [-0.25, -0.2) is 8.42 Å². The molecule has 2 N–H and O–H groups in total. The molecule has 7 nitrogen and oxygen atoms in total. The van der Waals surface area contributed by atoms with Gasteiger partial charge in [0, 0.05) is 17.2 Å². The number of carbonyl (C=O) groups is 1. The van der Waals surface area contributed by atoms with Crippen molar-refractivity contribution in [3.8, 4) is 11.5 Å². The zero-order valence-corrected chi connectivity index (χ0v) is 16.8. The molecule has 2 rings (SSSR count). The molecule has 0 fully saturated rings. The summed E-state index contributed by atoms with van der Waals surface area (Å²) in [5.41, 5.74) is 0.341. The van der Waals surface area contributed by atoms with Crippen LogP contribution in [-0.4, -0.2) is 34.1 Å². The third-order valence-corrected chi connectivity index (χ3v) is 4.95. The van der Waals surface area contributed by atoms with E-state index in [1.54, 1.807) is 12.1 Å². The monoisotopic (exact) mass is 392 g/mol. The molecule has 0 heterocycles. The first kappa shape index (κ1) is 20.6. The molecule has 1 amide bonds. The van der Waals surface area contributed by atoms with Gasteiger partial charge in [0.15, 0.2) is 11.5 Å². The topological polar surface area (TPSA) is 93.7 Å². The SMILES string of the molecule is COc1ccc(NS(=O)(=O)c2ccc(C(=O)NC(C)(C)C)cc2)cc1OC. The highest BCUT2D eigenvalue weighted by molar-refractivity contribution is 7.92. The maximum absolute atomic E-state index is 12.6. The van der Waals surface area contributed by atoms with Crippen LogP contribution in [0.15, 0.2) is 47.4 Å². The maximum atomic E-state index is 12.6. The Morgan fingerprint density at radius 3 is 2.04 bits per heavy atom. The van der Waals surface area contributed by atoms with Crippen molar-refractivity contribution in [2.45, 2.75) is 31.2 Å². The number of nitrogens with one attached hydrogen (secondary N) is 2. The zero-order valence-electron chi connectivity index (χ0n) is 16.0. The number of rotatable bonds is 6. The first-order valence-electron chi connectivity index (χ1n) is 8.23. The van der Waals surface area contributed by atoms with Gasteiger partial charge in [-0.1, -0.05) is 0 Å². The van der Waals surface area contributed by atoms with Gasteiger partial charge in [-0.15, -0.1) is 0 Å². The lowest BCUT2D eigenvalue weighted by Gasteiger charge is -2.20. The first-order valence-corrected chi connectivity index (χ1v) is 9.71. The summed E-state index contributed by atoms with van der Waals surface area (Å²) in [5.74, 6) is 0.640. The van der Waals surface area contributed by atoms with Gasteiger partial charge in [0.25, 0.3) is 15.9 Å². The summed E-state index contributed by atoms with van der Waals surface area (Å²) in [7, 11) is -0.845. The summed E-state index contributed by atoms with van der Waals surface area (Å²) < 4.78 is 38.0. The van der Waals surface area contributed by atoms with Crippen molar-refractivity contribution in [1.29, 1.82) is 0 Å². The average molecular weight is 392 g/mol.